The van der Waals surface area contributed by atoms with Crippen LogP contribution in [0.25, 0.3) is 22.5 Å². The number of benzene rings is 1. The molecule has 0 aliphatic carbocycles. The molecule has 9 heteroatoms. The molecule has 2 aliphatic rings. The Morgan fingerprint density at radius 1 is 1.18 bits per heavy atom. The van der Waals surface area contributed by atoms with E-state index in [1.165, 1.54) is 12.1 Å². The van der Waals surface area contributed by atoms with E-state index in [0.717, 1.165) is 46.0 Å². The normalized spacial score (nSPS) is 18.4. The quantitative estimate of drug-likeness (QED) is 0.461. The maximum Gasteiger partial charge on any atom is 0.166 e. The summed E-state index contributed by atoms with van der Waals surface area (Å²) in [5.41, 5.74) is 12.7. The Morgan fingerprint density at radius 3 is 2.79 bits per heavy atom. The van der Waals surface area contributed by atoms with Crippen LogP contribution in [0.5, 0.6) is 5.75 Å². The number of nitrogens with zero attached hydrogens (tertiary/aromatic N) is 6. The van der Waals surface area contributed by atoms with Gasteiger partial charge in [0.05, 0.1) is 11.4 Å². The molecule has 0 fully saturated rings. The topological polar surface area (TPSA) is 87.0 Å². The van der Waals surface area contributed by atoms with Gasteiger partial charge in [-0.2, -0.15) is 10.2 Å². The van der Waals surface area contributed by atoms with E-state index in [4.69, 9.17) is 20.7 Å². The van der Waals surface area contributed by atoms with Crippen molar-refractivity contribution >= 4 is 11.6 Å². The summed E-state index contributed by atoms with van der Waals surface area (Å²) in [6.45, 7) is 5.45. The fraction of sp³-hybridized carbons (Fsp3) is 0.320. The van der Waals surface area contributed by atoms with Gasteiger partial charge in [0.15, 0.2) is 17.4 Å². The van der Waals surface area contributed by atoms with E-state index in [0.29, 0.717) is 17.9 Å². The lowest BCUT2D eigenvalue weighted by Gasteiger charge is -2.22. The molecule has 34 heavy (non-hydrogen) atoms. The molecule has 1 unspecified atom stereocenters. The van der Waals surface area contributed by atoms with Crippen molar-refractivity contribution in [2.75, 3.05) is 24.2 Å². The van der Waals surface area contributed by atoms with Gasteiger partial charge in [0.2, 0.25) is 0 Å². The number of hydrogen-bond donors (Lipinski definition) is 1. The molecule has 2 atom stereocenters. The Kier molecular flexibility index (Phi) is 4.45. The molecule has 0 saturated heterocycles. The van der Waals surface area contributed by atoms with Crippen molar-refractivity contribution in [3.63, 3.8) is 0 Å². The molecule has 8 nitrogen and oxygen atoms in total. The average Bonchev–Trinajstić information content (AvgIpc) is 3.47. The summed E-state index contributed by atoms with van der Waals surface area (Å²) in [6.07, 6.45) is 3.36. The SMILES string of the molecule is CCn1nc2c3c1-c1cnc(N)c(c1)O[C@H](C)c1cc(F)ccc1-c1nn(C)cc1C3CN2C. The first kappa shape index (κ1) is 20.7. The second-order valence-electron chi connectivity index (χ2n) is 9.04. The molecule has 0 saturated carbocycles. The van der Waals surface area contributed by atoms with E-state index in [1.54, 1.807) is 12.3 Å². The monoisotopic (exact) mass is 459 g/mol. The minimum Gasteiger partial charge on any atom is -0.482 e. The van der Waals surface area contributed by atoms with Crippen LogP contribution in [0.15, 0.2) is 36.7 Å². The van der Waals surface area contributed by atoms with Crippen molar-refractivity contribution in [2.24, 2.45) is 7.05 Å². The van der Waals surface area contributed by atoms with Gasteiger partial charge in [0.25, 0.3) is 0 Å². The third-order valence-electron chi connectivity index (χ3n) is 6.83. The van der Waals surface area contributed by atoms with Crippen LogP contribution in [0.1, 0.15) is 42.6 Å². The highest BCUT2D eigenvalue weighted by Gasteiger charge is 2.38. The summed E-state index contributed by atoms with van der Waals surface area (Å²) in [5.74, 6) is 1.40. The first-order valence-electron chi connectivity index (χ1n) is 11.4. The van der Waals surface area contributed by atoms with Crippen LogP contribution < -0.4 is 15.4 Å². The molecule has 6 rings (SSSR count). The molecular formula is C25H26FN7O. The van der Waals surface area contributed by atoms with Crippen LogP contribution in [-0.4, -0.2) is 38.1 Å². The summed E-state index contributed by atoms with van der Waals surface area (Å²) in [4.78, 5) is 6.62. The lowest BCUT2D eigenvalue weighted by atomic mass is 9.88. The zero-order chi connectivity index (χ0) is 23.7. The van der Waals surface area contributed by atoms with Gasteiger partial charge in [0.1, 0.15) is 11.9 Å². The van der Waals surface area contributed by atoms with Crippen LogP contribution in [-0.2, 0) is 13.6 Å². The Labute approximate surface area is 196 Å². The number of hydrogen-bond acceptors (Lipinski definition) is 6. The Hall–Kier alpha value is -3.88. The highest BCUT2D eigenvalue weighted by Crippen LogP contribution is 2.48. The second kappa shape index (κ2) is 7.31. The minimum absolute atomic E-state index is 0.0357. The number of halogens is 1. The highest BCUT2D eigenvalue weighted by molar-refractivity contribution is 5.79. The van der Waals surface area contributed by atoms with Crippen molar-refractivity contribution < 1.29 is 9.13 Å². The smallest absolute Gasteiger partial charge is 0.166 e. The molecule has 0 spiro atoms. The van der Waals surface area contributed by atoms with Crippen molar-refractivity contribution in [2.45, 2.75) is 32.4 Å². The van der Waals surface area contributed by atoms with Crippen molar-refractivity contribution in [1.29, 1.82) is 0 Å². The molecule has 4 aromatic rings. The third kappa shape index (κ3) is 2.92. The molecule has 2 aliphatic heterocycles. The summed E-state index contributed by atoms with van der Waals surface area (Å²) in [7, 11) is 3.97. The number of likely N-dealkylation sites (N-methyl/N-ethyl adjacent to an activating group) is 1. The third-order valence-corrected chi connectivity index (χ3v) is 6.83. The number of fused-ring (bicyclic) bond motifs is 7. The summed E-state index contributed by atoms with van der Waals surface area (Å²) >= 11 is 0. The first-order valence-corrected chi connectivity index (χ1v) is 11.4. The number of anilines is 2. The van der Waals surface area contributed by atoms with Gasteiger partial charge in [-0.15, -0.1) is 0 Å². The van der Waals surface area contributed by atoms with Crippen LogP contribution >= 0.6 is 0 Å². The molecule has 2 bridgehead atoms. The van der Waals surface area contributed by atoms with E-state index in [-0.39, 0.29) is 17.6 Å². The Balaban J connectivity index is 1.72. The van der Waals surface area contributed by atoms with E-state index in [2.05, 4.69) is 30.1 Å². The maximum absolute atomic E-state index is 14.4. The largest absolute Gasteiger partial charge is 0.482 e. The van der Waals surface area contributed by atoms with Gasteiger partial charge >= 0.3 is 0 Å². The van der Waals surface area contributed by atoms with E-state index < -0.39 is 6.10 Å². The number of pyridine rings is 1. The summed E-state index contributed by atoms with van der Waals surface area (Å²) in [6, 6.07) is 6.70. The first-order chi connectivity index (χ1) is 16.4. The number of nitrogens with two attached hydrogens (primary N) is 1. The van der Waals surface area contributed by atoms with E-state index in [1.807, 2.05) is 29.4 Å². The van der Waals surface area contributed by atoms with Crippen molar-refractivity contribution in [3.8, 4) is 28.3 Å². The minimum atomic E-state index is -0.475. The van der Waals surface area contributed by atoms with Crippen molar-refractivity contribution in [3.05, 3.63) is 59.2 Å². The predicted molar refractivity (Wildman–Crippen MR) is 128 cm³/mol. The number of rotatable bonds is 1. The highest BCUT2D eigenvalue weighted by atomic mass is 19.1. The predicted octanol–water partition coefficient (Wildman–Crippen LogP) is 4.12. The number of nitrogen functional groups attached to an aromatic ring is 1. The Bertz CT molecular complexity index is 1440. The second-order valence-corrected chi connectivity index (χ2v) is 9.04. The molecule has 0 radical (unpaired) electrons. The number of aryl methyl sites for hydroxylation is 2. The molecule has 1 aromatic carbocycles. The van der Waals surface area contributed by atoms with Crippen LogP contribution in [0.3, 0.4) is 0 Å². The zero-order valence-electron chi connectivity index (χ0n) is 19.6. The zero-order valence-corrected chi connectivity index (χ0v) is 19.6. The van der Waals surface area contributed by atoms with Gasteiger partial charge in [-0.25, -0.2) is 9.37 Å². The van der Waals surface area contributed by atoms with E-state index in [9.17, 15) is 4.39 Å². The van der Waals surface area contributed by atoms with Crippen LogP contribution in [0, 0.1) is 5.82 Å². The summed E-state index contributed by atoms with van der Waals surface area (Å²) < 4.78 is 24.5. The molecule has 2 N–H and O–H groups in total. The fourth-order valence-electron chi connectivity index (χ4n) is 5.29. The lowest BCUT2D eigenvalue weighted by Crippen LogP contribution is -2.19. The molecule has 3 aromatic heterocycles. The lowest BCUT2D eigenvalue weighted by molar-refractivity contribution is 0.227. The van der Waals surface area contributed by atoms with Gasteiger partial charge < -0.3 is 15.4 Å². The summed E-state index contributed by atoms with van der Waals surface area (Å²) in [5, 5.41) is 9.77. The van der Waals surface area contributed by atoms with Crippen LogP contribution in [0.4, 0.5) is 16.0 Å². The number of aromatic nitrogens is 5. The van der Waals surface area contributed by atoms with E-state index >= 15 is 0 Å². The molecule has 5 heterocycles. The van der Waals surface area contributed by atoms with Crippen molar-refractivity contribution in [1.82, 2.24) is 24.5 Å². The number of ether oxygens (including phenoxy) is 1. The van der Waals surface area contributed by atoms with Gasteiger partial charge in [-0.05, 0) is 38.1 Å². The standard InChI is InChI=1S/C25H26FN7O/c1-5-33-23-14-8-20(24(27)28-10-14)34-13(2)17-9-15(26)6-7-16(17)22-19(12-32(4)29-22)18-11-31(3)25(30-33)21(18)23/h6-10,12-13,18H,5,11H2,1-4H3,(H2,27,28)/t13-,18?/m1/s1. The van der Waals surface area contributed by atoms with Crippen LogP contribution in [0.2, 0.25) is 0 Å². The Morgan fingerprint density at radius 2 is 2.00 bits per heavy atom. The maximum atomic E-state index is 14.4. The average molecular weight is 460 g/mol. The molecular weight excluding hydrogens is 433 g/mol. The van der Waals surface area contributed by atoms with Gasteiger partial charge in [0, 0.05) is 73.3 Å². The fourth-order valence-corrected chi connectivity index (χ4v) is 5.29. The molecule has 0 amide bonds. The van der Waals surface area contributed by atoms with Gasteiger partial charge in [-0.3, -0.25) is 9.36 Å². The van der Waals surface area contributed by atoms with Gasteiger partial charge in [-0.1, -0.05) is 0 Å². The molecule has 174 valence electrons.